The van der Waals surface area contributed by atoms with Crippen molar-refractivity contribution >= 4 is 5.78 Å². The molecular weight excluding hydrogens is 386 g/mol. The number of nitrogens with zero attached hydrogens (tertiary/aromatic N) is 3. The number of hydrogen-bond donors (Lipinski definition) is 0. The Labute approximate surface area is 183 Å². The summed E-state index contributed by atoms with van der Waals surface area (Å²) < 4.78 is 8.95. The molecule has 1 saturated heterocycles. The average molecular weight is 416 g/mol. The summed E-state index contributed by atoms with van der Waals surface area (Å²) in [7, 11) is 2.16. The van der Waals surface area contributed by atoms with Crippen LogP contribution in [-0.4, -0.2) is 46.5 Å². The number of ketones is 1. The fourth-order valence-electron chi connectivity index (χ4n) is 4.82. The SMILES string of the molecule is Cc1c(C(=O)c2ccccc2)nc2n1CCc1ccccc1C2OC1CCN(C)CC1. The van der Waals surface area contributed by atoms with Gasteiger partial charge >= 0.3 is 0 Å². The highest BCUT2D eigenvalue weighted by Crippen LogP contribution is 2.35. The zero-order valence-corrected chi connectivity index (χ0v) is 18.3. The van der Waals surface area contributed by atoms with E-state index in [1.807, 2.05) is 37.3 Å². The summed E-state index contributed by atoms with van der Waals surface area (Å²) in [5.41, 5.74) is 4.63. The van der Waals surface area contributed by atoms with Gasteiger partial charge in [-0.3, -0.25) is 4.79 Å². The molecule has 0 amide bonds. The Bertz CT molecular complexity index is 1080. The van der Waals surface area contributed by atoms with Crippen LogP contribution < -0.4 is 0 Å². The van der Waals surface area contributed by atoms with E-state index in [2.05, 4.69) is 40.8 Å². The predicted molar refractivity (Wildman–Crippen MR) is 120 cm³/mol. The Kier molecular flexibility index (Phi) is 5.47. The van der Waals surface area contributed by atoms with Crippen molar-refractivity contribution in [2.24, 2.45) is 0 Å². The zero-order chi connectivity index (χ0) is 21.4. The standard InChI is InChI=1S/C26H29N3O2/c1-18-23(24(30)20-9-4-3-5-10-20)27-26-25(31-21-13-15-28(2)16-14-21)22-11-7-6-8-19(22)12-17-29(18)26/h3-11,21,25H,12-17H2,1-2H3. The summed E-state index contributed by atoms with van der Waals surface area (Å²) in [4.78, 5) is 20.5. The van der Waals surface area contributed by atoms with Gasteiger partial charge in [0.15, 0.2) is 0 Å². The Morgan fingerprint density at radius 3 is 2.48 bits per heavy atom. The van der Waals surface area contributed by atoms with E-state index in [1.54, 1.807) is 0 Å². The molecule has 0 bridgehead atoms. The van der Waals surface area contributed by atoms with E-state index in [0.717, 1.165) is 50.4 Å². The van der Waals surface area contributed by atoms with Crippen LogP contribution in [0.15, 0.2) is 54.6 Å². The van der Waals surface area contributed by atoms with Crippen molar-refractivity contribution < 1.29 is 9.53 Å². The molecule has 1 atom stereocenters. The molecule has 2 aromatic carbocycles. The highest BCUT2D eigenvalue weighted by molar-refractivity contribution is 6.08. The van der Waals surface area contributed by atoms with E-state index in [4.69, 9.17) is 9.72 Å². The van der Waals surface area contributed by atoms with E-state index in [-0.39, 0.29) is 18.0 Å². The summed E-state index contributed by atoms with van der Waals surface area (Å²) in [5.74, 6) is 0.839. The maximum absolute atomic E-state index is 13.2. The molecule has 2 aliphatic rings. The number of rotatable bonds is 4. The van der Waals surface area contributed by atoms with Crippen molar-refractivity contribution in [3.8, 4) is 0 Å². The summed E-state index contributed by atoms with van der Waals surface area (Å²) in [6, 6.07) is 17.9. The van der Waals surface area contributed by atoms with Crippen molar-refractivity contribution in [2.75, 3.05) is 20.1 Å². The van der Waals surface area contributed by atoms with Gasteiger partial charge in [0.2, 0.25) is 5.78 Å². The summed E-state index contributed by atoms with van der Waals surface area (Å²) in [6.45, 7) is 4.91. The number of benzene rings is 2. The molecule has 5 nitrogen and oxygen atoms in total. The van der Waals surface area contributed by atoms with Crippen LogP contribution in [0.4, 0.5) is 0 Å². The Morgan fingerprint density at radius 2 is 1.71 bits per heavy atom. The number of imidazole rings is 1. The number of fused-ring (bicyclic) bond motifs is 2. The summed E-state index contributed by atoms with van der Waals surface area (Å²) in [5, 5.41) is 0. The molecule has 0 radical (unpaired) electrons. The van der Waals surface area contributed by atoms with Crippen LogP contribution in [0.2, 0.25) is 0 Å². The lowest BCUT2D eigenvalue weighted by Gasteiger charge is -2.32. The minimum Gasteiger partial charge on any atom is -0.362 e. The van der Waals surface area contributed by atoms with E-state index < -0.39 is 0 Å². The number of carbonyl (C=O) groups is 1. The molecule has 0 aliphatic carbocycles. The summed E-state index contributed by atoms with van der Waals surface area (Å²) >= 11 is 0. The normalized spacial score (nSPS) is 19.5. The molecule has 0 saturated carbocycles. The summed E-state index contributed by atoms with van der Waals surface area (Å²) in [6.07, 6.45) is 2.90. The number of ether oxygens (including phenoxy) is 1. The molecule has 0 spiro atoms. The van der Waals surface area contributed by atoms with Crippen LogP contribution in [0.1, 0.15) is 57.6 Å². The number of likely N-dealkylation sites (tertiary alicyclic amines) is 1. The van der Waals surface area contributed by atoms with Crippen molar-refractivity contribution in [3.05, 3.63) is 88.5 Å². The fourth-order valence-corrected chi connectivity index (χ4v) is 4.82. The van der Waals surface area contributed by atoms with E-state index in [1.165, 1.54) is 11.1 Å². The fraction of sp³-hybridized carbons (Fsp3) is 0.385. The molecule has 1 unspecified atom stereocenters. The van der Waals surface area contributed by atoms with Crippen LogP contribution in [0.25, 0.3) is 0 Å². The number of hydrogen-bond acceptors (Lipinski definition) is 4. The smallest absolute Gasteiger partial charge is 0.213 e. The zero-order valence-electron chi connectivity index (χ0n) is 18.3. The van der Waals surface area contributed by atoms with Crippen LogP contribution in [0.5, 0.6) is 0 Å². The maximum Gasteiger partial charge on any atom is 0.213 e. The predicted octanol–water partition coefficient (Wildman–Crippen LogP) is 4.18. The molecule has 0 N–H and O–H groups in total. The largest absolute Gasteiger partial charge is 0.362 e. The monoisotopic (exact) mass is 415 g/mol. The third-order valence-corrected chi connectivity index (χ3v) is 6.67. The van der Waals surface area contributed by atoms with Gasteiger partial charge in [-0.1, -0.05) is 54.6 Å². The van der Waals surface area contributed by atoms with Crippen molar-refractivity contribution in [1.82, 2.24) is 14.5 Å². The Hall–Kier alpha value is -2.76. The third-order valence-electron chi connectivity index (χ3n) is 6.67. The quantitative estimate of drug-likeness (QED) is 0.600. The first-order valence-corrected chi connectivity index (χ1v) is 11.2. The molecule has 2 aliphatic heterocycles. The molecule has 5 rings (SSSR count). The van der Waals surface area contributed by atoms with Crippen molar-refractivity contribution in [1.29, 1.82) is 0 Å². The molecule has 1 aromatic heterocycles. The lowest BCUT2D eigenvalue weighted by atomic mass is 9.99. The minimum absolute atomic E-state index is 0.0231. The van der Waals surface area contributed by atoms with Gasteiger partial charge in [-0.15, -0.1) is 0 Å². The van der Waals surface area contributed by atoms with Gasteiger partial charge in [-0.25, -0.2) is 4.98 Å². The molecule has 160 valence electrons. The second-order valence-electron chi connectivity index (χ2n) is 8.72. The first kappa shape index (κ1) is 20.2. The number of aromatic nitrogens is 2. The minimum atomic E-state index is -0.247. The topological polar surface area (TPSA) is 47.4 Å². The Morgan fingerprint density at radius 1 is 1.00 bits per heavy atom. The van der Waals surface area contributed by atoms with Crippen molar-refractivity contribution in [3.63, 3.8) is 0 Å². The van der Waals surface area contributed by atoms with Crippen molar-refractivity contribution in [2.45, 2.75) is 44.9 Å². The van der Waals surface area contributed by atoms with Gasteiger partial charge in [0.25, 0.3) is 0 Å². The first-order chi connectivity index (χ1) is 15.1. The van der Waals surface area contributed by atoms with Gasteiger partial charge < -0.3 is 14.2 Å². The molecule has 31 heavy (non-hydrogen) atoms. The molecule has 3 heterocycles. The highest BCUT2D eigenvalue weighted by atomic mass is 16.5. The first-order valence-electron chi connectivity index (χ1n) is 11.2. The third kappa shape index (κ3) is 3.84. The van der Waals surface area contributed by atoms with Gasteiger partial charge in [0.05, 0.1) is 6.10 Å². The van der Waals surface area contributed by atoms with Gasteiger partial charge in [-0.05, 0) is 44.4 Å². The number of aryl methyl sites for hydroxylation is 1. The molecule has 3 aromatic rings. The van der Waals surface area contributed by atoms with E-state index in [9.17, 15) is 4.79 Å². The average Bonchev–Trinajstić information content (AvgIpc) is 3.04. The lowest BCUT2D eigenvalue weighted by molar-refractivity contribution is -0.0276. The van der Waals surface area contributed by atoms with Gasteiger partial charge in [0.1, 0.15) is 17.6 Å². The maximum atomic E-state index is 13.2. The van der Waals surface area contributed by atoms with Crippen LogP contribution in [0, 0.1) is 6.92 Å². The van der Waals surface area contributed by atoms with E-state index >= 15 is 0 Å². The number of piperidine rings is 1. The lowest BCUT2D eigenvalue weighted by Crippen LogP contribution is -2.35. The number of carbonyl (C=O) groups excluding carboxylic acids is 1. The molecule has 5 heteroatoms. The highest BCUT2D eigenvalue weighted by Gasteiger charge is 2.33. The molecular formula is C26H29N3O2. The van der Waals surface area contributed by atoms with Crippen LogP contribution in [0.3, 0.4) is 0 Å². The van der Waals surface area contributed by atoms with Gasteiger partial charge in [0, 0.05) is 30.9 Å². The second-order valence-corrected chi connectivity index (χ2v) is 8.72. The van der Waals surface area contributed by atoms with Crippen LogP contribution >= 0.6 is 0 Å². The second kappa shape index (κ2) is 8.40. The Balaban J connectivity index is 1.55. The molecule has 1 fully saturated rings. The van der Waals surface area contributed by atoms with E-state index in [0.29, 0.717) is 11.3 Å². The van der Waals surface area contributed by atoms with Gasteiger partial charge in [-0.2, -0.15) is 0 Å². The van der Waals surface area contributed by atoms with Crippen LogP contribution in [-0.2, 0) is 17.7 Å².